The number of nitrogens with one attached hydrogen (secondary N) is 1. The Morgan fingerprint density at radius 3 is 2.18 bits per heavy atom. The highest BCUT2D eigenvalue weighted by molar-refractivity contribution is 5.45. The van der Waals surface area contributed by atoms with E-state index >= 15 is 0 Å². The van der Waals surface area contributed by atoms with Crippen LogP contribution >= 0.6 is 0 Å². The lowest BCUT2D eigenvalue weighted by atomic mass is 10.1. The van der Waals surface area contributed by atoms with E-state index in [-0.39, 0.29) is 12.0 Å². The minimum absolute atomic E-state index is 0.0529. The van der Waals surface area contributed by atoms with E-state index in [2.05, 4.69) is 5.32 Å². The van der Waals surface area contributed by atoms with Gasteiger partial charge in [-0.1, -0.05) is 0 Å². The average molecular weight is 245 g/mol. The molecule has 2 N–H and O–H groups in total. The average Bonchev–Trinajstić information content (AvgIpc) is 3.06. The Hall–Kier alpha value is -1.23. The van der Waals surface area contributed by atoms with Crippen molar-refractivity contribution in [3.63, 3.8) is 0 Å². The van der Waals surface area contributed by atoms with Gasteiger partial charge in [-0.25, -0.2) is 0 Å². The van der Waals surface area contributed by atoms with Gasteiger partial charge in [0.25, 0.3) is 0 Å². The number of benzene rings is 1. The van der Waals surface area contributed by atoms with Crippen LogP contribution in [0.3, 0.4) is 0 Å². The minimum atomic E-state index is -4.29. The first-order chi connectivity index (χ1) is 7.95. The van der Waals surface area contributed by atoms with Gasteiger partial charge in [0.05, 0.1) is 12.2 Å². The highest BCUT2D eigenvalue weighted by Crippen LogP contribution is 2.44. The Bertz CT molecular complexity index is 382. The van der Waals surface area contributed by atoms with E-state index in [0.29, 0.717) is 12.2 Å². The predicted molar refractivity (Wildman–Crippen MR) is 58.7 cm³/mol. The van der Waals surface area contributed by atoms with Crippen LogP contribution in [0.15, 0.2) is 24.3 Å². The van der Waals surface area contributed by atoms with E-state index in [1.54, 1.807) is 0 Å². The second kappa shape index (κ2) is 4.22. The van der Waals surface area contributed by atoms with E-state index in [0.717, 1.165) is 25.0 Å². The number of hydrogen-bond donors (Lipinski definition) is 2. The molecule has 1 aliphatic rings. The molecule has 1 fully saturated rings. The third-order valence-electron chi connectivity index (χ3n) is 3.17. The lowest BCUT2D eigenvalue weighted by molar-refractivity contribution is -0.137. The summed E-state index contributed by atoms with van der Waals surface area (Å²) >= 11 is 0. The summed E-state index contributed by atoms with van der Waals surface area (Å²) in [7, 11) is 0. The number of halogens is 3. The Labute approximate surface area is 97.5 Å². The molecule has 0 amide bonds. The lowest BCUT2D eigenvalue weighted by Gasteiger charge is -2.14. The molecule has 1 saturated carbocycles. The van der Waals surface area contributed by atoms with Gasteiger partial charge in [0, 0.05) is 17.6 Å². The van der Waals surface area contributed by atoms with Gasteiger partial charge in [0.2, 0.25) is 0 Å². The smallest absolute Gasteiger partial charge is 0.396 e. The number of aliphatic hydroxyl groups is 1. The van der Waals surface area contributed by atoms with Crippen molar-refractivity contribution >= 4 is 5.69 Å². The van der Waals surface area contributed by atoms with Gasteiger partial charge in [-0.3, -0.25) is 0 Å². The maximum atomic E-state index is 12.3. The first kappa shape index (κ1) is 12.2. The van der Waals surface area contributed by atoms with Crippen molar-refractivity contribution in [3.8, 4) is 0 Å². The normalized spacial score (nSPS) is 17.9. The molecule has 0 heterocycles. The highest BCUT2D eigenvalue weighted by Gasteiger charge is 2.41. The zero-order chi connectivity index (χ0) is 12.5. The van der Waals surface area contributed by atoms with Crippen LogP contribution < -0.4 is 5.32 Å². The summed E-state index contributed by atoms with van der Waals surface area (Å²) < 4.78 is 36.9. The van der Waals surface area contributed by atoms with E-state index in [9.17, 15) is 13.2 Å². The Balaban J connectivity index is 1.94. The molecular weight excluding hydrogens is 231 g/mol. The summed E-state index contributed by atoms with van der Waals surface area (Å²) in [5.41, 5.74) is -0.0491. The predicted octanol–water partition coefficient (Wildman–Crippen LogP) is 2.89. The largest absolute Gasteiger partial charge is 0.416 e. The van der Waals surface area contributed by atoms with Crippen LogP contribution in [-0.4, -0.2) is 18.3 Å². The standard InChI is InChI=1S/C12H14F3NO/c13-12(14,15)9-1-3-10(4-2-9)16-7-11(8-17)5-6-11/h1-4,16-17H,5-8H2. The third-order valence-corrected chi connectivity index (χ3v) is 3.17. The Morgan fingerprint density at radius 2 is 1.76 bits per heavy atom. The van der Waals surface area contributed by atoms with Gasteiger partial charge in [0.1, 0.15) is 0 Å². The van der Waals surface area contributed by atoms with Crippen molar-refractivity contribution in [2.75, 3.05) is 18.5 Å². The molecule has 0 spiro atoms. The summed E-state index contributed by atoms with van der Waals surface area (Å²) in [6.45, 7) is 0.732. The zero-order valence-corrected chi connectivity index (χ0v) is 9.22. The van der Waals surface area contributed by atoms with Crippen LogP contribution in [0.1, 0.15) is 18.4 Å². The number of alkyl halides is 3. The fourth-order valence-electron chi connectivity index (χ4n) is 1.63. The maximum absolute atomic E-state index is 12.3. The Morgan fingerprint density at radius 1 is 1.18 bits per heavy atom. The Kier molecular flexibility index (Phi) is 3.03. The zero-order valence-electron chi connectivity index (χ0n) is 9.22. The fraction of sp³-hybridized carbons (Fsp3) is 0.500. The van der Waals surface area contributed by atoms with Crippen molar-refractivity contribution in [2.24, 2.45) is 5.41 Å². The van der Waals surface area contributed by atoms with Gasteiger partial charge >= 0.3 is 6.18 Å². The summed E-state index contributed by atoms with van der Waals surface area (Å²) in [6, 6.07) is 4.94. The molecule has 2 nitrogen and oxygen atoms in total. The number of rotatable bonds is 4. The molecule has 1 aliphatic carbocycles. The quantitative estimate of drug-likeness (QED) is 0.854. The van der Waals surface area contributed by atoms with Crippen molar-refractivity contribution in [2.45, 2.75) is 19.0 Å². The van der Waals surface area contributed by atoms with Crippen molar-refractivity contribution in [1.29, 1.82) is 0 Å². The van der Waals surface area contributed by atoms with Crippen LogP contribution in [-0.2, 0) is 6.18 Å². The molecule has 0 unspecified atom stereocenters. The molecular formula is C12H14F3NO. The maximum Gasteiger partial charge on any atom is 0.416 e. The highest BCUT2D eigenvalue weighted by atomic mass is 19.4. The van der Waals surface area contributed by atoms with Crippen molar-refractivity contribution in [3.05, 3.63) is 29.8 Å². The lowest BCUT2D eigenvalue weighted by Crippen LogP contribution is -2.19. The second-order valence-electron chi connectivity index (χ2n) is 4.59. The molecule has 94 valence electrons. The molecule has 0 bridgehead atoms. The van der Waals surface area contributed by atoms with E-state index < -0.39 is 11.7 Å². The summed E-state index contributed by atoms with van der Waals surface area (Å²) in [5.74, 6) is 0. The third kappa shape index (κ3) is 2.91. The molecule has 17 heavy (non-hydrogen) atoms. The van der Waals surface area contributed by atoms with Gasteiger partial charge in [-0.2, -0.15) is 13.2 Å². The van der Waals surface area contributed by atoms with Gasteiger partial charge < -0.3 is 10.4 Å². The summed E-state index contributed by atoms with van der Waals surface area (Å²) in [5, 5.41) is 12.1. The van der Waals surface area contributed by atoms with Crippen molar-refractivity contribution < 1.29 is 18.3 Å². The molecule has 0 radical (unpaired) electrons. The molecule has 1 aromatic rings. The number of aliphatic hydroxyl groups excluding tert-OH is 1. The topological polar surface area (TPSA) is 32.3 Å². The minimum Gasteiger partial charge on any atom is -0.396 e. The van der Waals surface area contributed by atoms with Crippen LogP contribution in [0.5, 0.6) is 0 Å². The van der Waals surface area contributed by atoms with Gasteiger partial charge in [0.15, 0.2) is 0 Å². The van der Waals surface area contributed by atoms with E-state index in [1.165, 1.54) is 12.1 Å². The summed E-state index contributed by atoms with van der Waals surface area (Å²) in [6.07, 6.45) is -2.35. The number of anilines is 1. The van der Waals surface area contributed by atoms with Gasteiger partial charge in [-0.05, 0) is 37.1 Å². The molecule has 0 aliphatic heterocycles. The molecule has 1 aromatic carbocycles. The molecule has 0 atom stereocenters. The molecule has 2 rings (SSSR count). The second-order valence-corrected chi connectivity index (χ2v) is 4.59. The van der Waals surface area contributed by atoms with Crippen molar-refractivity contribution in [1.82, 2.24) is 0 Å². The molecule has 0 saturated heterocycles. The van der Waals surface area contributed by atoms with Crippen LogP contribution in [0.2, 0.25) is 0 Å². The number of hydrogen-bond acceptors (Lipinski definition) is 2. The van der Waals surface area contributed by atoms with Crippen LogP contribution in [0.25, 0.3) is 0 Å². The van der Waals surface area contributed by atoms with E-state index in [1.807, 2.05) is 0 Å². The SMILES string of the molecule is OCC1(CNc2ccc(C(F)(F)F)cc2)CC1. The first-order valence-corrected chi connectivity index (χ1v) is 5.47. The molecule has 5 heteroatoms. The first-order valence-electron chi connectivity index (χ1n) is 5.47. The van der Waals surface area contributed by atoms with Crippen LogP contribution in [0, 0.1) is 5.41 Å². The van der Waals surface area contributed by atoms with E-state index in [4.69, 9.17) is 5.11 Å². The summed E-state index contributed by atoms with van der Waals surface area (Å²) in [4.78, 5) is 0. The molecule has 0 aromatic heterocycles. The van der Waals surface area contributed by atoms with Crippen LogP contribution in [0.4, 0.5) is 18.9 Å². The monoisotopic (exact) mass is 245 g/mol. The fourth-order valence-corrected chi connectivity index (χ4v) is 1.63. The van der Waals surface area contributed by atoms with Gasteiger partial charge in [-0.15, -0.1) is 0 Å².